The third-order valence-electron chi connectivity index (χ3n) is 4.07. The number of cyclic esters (lactones) is 1. The van der Waals surface area contributed by atoms with Crippen LogP contribution in [-0.4, -0.2) is 37.8 Å². The standard InChI is InChI=1S/C19H22N2O4S/c1-14-6-2-3-7-16(14)24-10-4-8-17(22)20-12-15-13-21(19(23)25-15)18-9-5-11-26-18/h2-3,5-7,9,11,15H,4,8,10,12-13H2,1H3,(H,20,22). The molecule has 1 saturated heterocycles. The molecule has 138 valence electrons. The Kier molecular flexibility index (Phi) is 6.12. The van der Waals surface area contributed by atoms with E-state index >= 15 is 0 Å². The zero-order chi connectivity index (χ0) is 18.4. The maximum Gasteiger partial charge on any atom is 0.415 e. The van der Waals surface area contributed by atoms with Gasteiger partial charge in [-0.25, -0.2) is 4.79 Å². The van der Waals surface area contributed by atoms with Crippen molar-refractivity contribution < 1.29 is 19.1 Å². The molecule has 1 N–H and O–H groups in total. The molecule has 1 fully saturated rings. The Morgan fingerprint density at radius 1 is 1.35 bits per heavy atom. The fourth-order valence-corrected chi connectivity index (χ4v) is 3.41. The quantitative estimate of drug-likeness (QED) is 0.720. The number of nitrogens with one attached hydrogen (secondary N) is 1. The Balaban J connectivity index is 1.33. The van der Waals surface area contributed by atoms with E-state index < -0.39 is 0 Å². The highest BCUT2D eigenvalue weighted by molar-refractivity contribution is 7.14. The predicted molar refractivity (Wildman–Crippen MR) is 101 cm³/mol. The molecular formula is C19H22N2O4S. The highest BCUT2D eigenvalue weighted by Crippen LogP contribution is 2.26. The van der Waals surface area contributed by atoms with Crippen LogP contribution in [0.15, 0.2) is 41.8 Å². The minimum Gasteiger partial charge on any atom is -0.493 e. The van der Waals surface area contributed by atoms with Gasteiger partial charge in [-0.2, -0.15) is 0 Å². The largest absolute Gasteiger partial charge is 0.493 e. The van der Waals surface area contributed by atoms with Gasteiger partial charge in [0, 0.05) is 6.42 Å². The van der Waals surface area contributed by atoms with Crippen molar-refractivity contribution in [2.24, 2.45) is 0 Å². The Morgan fingerprint density at radius 2 is 2.19 bits per heavy atom. The summed E-state index contributed by atoms with van der Waals surface area (Å²) in [6.07, 6.45) is 0.322. The van der Waals surface area contributed by atoms with Gasteiger partial charge < -0.3 is 14.8 Å². The Hall–Kier alpha value is -2.54. The first kappa shape index (κ1) is 18.3. The molecule has 1 aliphatic rings. The van der Waals surface area contributed by atoms with Gasteiger partial charge in [0.15, 0.2) is 0 Å². The molecule has 1 aromatic carbocycles. The lowest BCUT2D eigenvalue weighted by Crippen LogP contribution is -2.34. The van der Waals surface area contributed by atoms with Crippen molar-refractivity contribution in [2.75, 3.05) is 24.6 Å². The Labute approximate surface area is 156 Å². The molecule has 26 heavy (non-hydrogen) atoms. The molecule has 1 aliphatic heterocycles. The molecule has 0 spiro atoms. The first-order valence-corrected chi connectivity index (χ1v) is 9.48. The minimum absolute atomic E-state index is 0.0657. The summed E-state index contributed by atoms with van der Waals surface area (Å²) in [5, 5.41) is 5.60. The van der Waals surface area contributed by atoms with Crippen LogP contribution in [-0.2, 0) is 9.53 Å². The van der Waals surface area contributed by atoms with Crippen LogP contribution < -0.4 is 15.0 Å². The van der Waals surface area contributed by atoms with Gasteiger partial charge in [0.1, 0.15) is 16.9 Å². The zero-order valence-electron chi connectivity index (χ0n) is 14.6. The molecule has 0 radical (unpaired) electrons. The van der Waals surface area contributed by atoms with Crippen molar-refractivity contribution >= 4 is 28.3 Å². The first-order chi connectivity index (χ1) is 12.6. The highest BCUT2D eigenvalue weighted by Gasteiger charge is 2.32. The summed E-state index contributed by atoms with van der Waals surface area (Å²) in [5.74, 6) is 0.781. The molecule has 0 bridgehead atoms. The van der Waals surface area contributed by atoms with Crippen LogP contribution in [0, 0.1) is 6.92 Å². The van der Waals surface area contributed by atoms with E-state index in [4.69, 9.17) is 9.47 Å². The van der Waals surface area contributed by atoms with E-state index in [1.807, 2.05) is 48.7 Å². The second-order valence-corrected chi connectivity index (χ2v) is 7.02. The first-order valence-electron chi connectivity index (χ1n) is 8.60. The summed E-state index contributed by atoms with van der Waals surface area (Å²) in [6.45, 7) is 3.26. The van der Waals surface area contributed by atoms with Crippen LogP contribution in [0.1, 0.15) is 18.4 Å². The molecule has 1 unspecified atom stereocenters. The number of anilines is 1. The van der Waals surface area contributed by atoms with Gasteiger partial charge in [0.05, 0.1) is 19.7 Å². The summed E-state index contributed by atoms with van der Waals surface area (Å²) in [7, 11) is 0. The lowest BCUT2D eigenvalue weighted by atomic mass is 10.2. The van der Waals surface area contributed by atoms with Gasteiger partial charge >= 0.3 is 6.09 Å². The fourth-order valence-electron chi connectivity index (χ4n) is 2.68. The highest BCUT2D eigenvalue weighted by atomic mass is 32.1. The average molecular weight is 374 g/mol. The summed E-state index contributed by atoms with van der Waals surface area (Å²) in [4.78, 5) is 25.4. The van der Waals surface area contributed by atoms with Crippen molar-refractivity contribution in [2.45, 2.75) is 25.9 Å². The molecule has 2 amide bonds. The number of hydrogen-bond acceptors (Lipinski definition) is 5. The molecular weight excluding hydrogens is 352 g/mol. The van der Waals surface area contributed by atoms with Crippen molar-refractivity contribution in [3.05, 3.63) is 47.3 Å². The van der Waals surface area contributed by atoms with Crippen LogP contribution in [0.4, 0.5) is 9.80 Å². The summed E-state index contributed by atoms with van der Waals surface area (Å²) in [6, 6.07) is 11.6. The van der Waals surface area contributed by atoms with Gasteiger partial charge in [-0.05, 0) is 42.5 Å². The average Bonchev–Trinajstić information content (AvgIpc) is 3.27. The number of benzene rings is 1. The monoisotopic (exact) mass is 374 g/mol. The van der Waals surface area contributed by atoms with Crippen molar-refractivity contribution in [3.8, 4) is 5.75 Å². The number of nitrogens with zero attached hydrogens (tertiary/aromatic N) is 1. The number of carbonyl (C=O) groups is 2. The number of amides is 2. The summed E-state index contributed by atoms with van der Waals surface area (Å²) < 4.78 is 11.0. The molecule has 1 aromatic heterocycles. The third kappa shape index (κ3) is 4.76. The second-order valence-electron chi connectivity index (χ2n) is 6.09. The smallest absolute Gasteiger partial charge is 0.415 e. The fraction of sp³-hybridized carbons (Fsp3) is 0.368. The predicted octanol–water partition coefficient (Wildman–Crippen LogP) is 3.36. The van der Waals surface area contributed by atoms with Crippen LogP contribution >= 0.6 is 11.3 Å². The zero-order valence-corrected chi connectivity index (χ0v) is 15.5. The van der Waals surface area contributed by atoms with E-state index in [0.29, 0.717) is 32.5 Å². The third-order valence-corrected chi connectivity index (χ3v) is 4.96. The topological polar surface area (TPSA) is 67.9 Å². The van der Waals surface area contributed by atoms with E-state index in [1.54, 1.807) is 4.90 Å². The molecule has 3 rings (SSSR count). The van der Waals surface area contributed by atoms with Gasteiger partial charge in [-0.15, -0.1) is 11.3 Å². The van der Waals surface area contributed by atoms with E-state index in [-0.39, 0.29) is 18.1 Å². The summed E-state index contributed by atoms with van der Waals surface area (Å²) in [5.41, 5.74) is 1.08. The number of aryl methyl sites for hydroxylation is 1. The van der Waals surface area contributed by atoms with Crippen LogP contribution in [0.25, 0.3) is 0 Å². The van der Waals surface area contributed by atoms with Gasteiger partial charge in [0.25, 0.3) is 0 Å². The van der Waals surface area contributed by atoms with E-state index in [0.717, 1.165) is 16.3 Å². The van der Waals surface area contributed by atoms with Gasteiger partial charge in [-0.1, -0.05) is 18.2 Å². The number of carbonyl (C=O) groups excluding carboxylic acids is 2. The number of thiophene rings is 1. The molecule has 2 heterocycles. The molecule has 1 atom stereocenters. The molecule has 2 aromatic rings. The van der Waals surface area contributed by atoms with Crippen molar-refractivity contribution in [3.63, 3.8) is 0 Å². The van der Waals surface area contributed by atoms with Gasteiger partial charge in [0.2, 0.25) is 5.91 Å². The number of ether oxygens (including phenoxy) is 2. The number of rotatable bonds is 8. The number of para-hydroxylation sites is 1. The lowest BCUT2D eigenvalue weighted by Gasteiger charge is -2.11. The maximum absolute atomic E-state index is 12.0. The normalized spacial score (nSPS) is 16.4. The van der Waals surface area contributed by atoms with Crippen LogP contribution in [0.3, 0.4) is 0 Å². The van der Waals surface area contributed by atoms with Crippen molar-refractivity contribution in [1.29, 1.82) is 0 Å². The van der Waals surface area contributed by atoms with E-state index in [2.05, 4.69) is 5.32 Å². The summed E-state index contributed by atoms with van der Waals surface area (Å²) >= 11 is 1.49. The molecule has 0 saturated carbocycles. The molecule has 7 heteroatoms. The lowest BCUT2D eigenvalue weighted by molar-refractivity contribution is -0.121. The Bertz CT molecular complexity index is 748. The van der Waals surface area contributed by atoms with E-state index in [1.165, 1.54) is 11.3 Å². The van der Waals surface area contributed by atoms with Crippen molar-refractivity contribution in [1.82, 2.24) is 5.32 Å². The van der Waals surface area contributed by atoms with E-state index in [9.17, 15) is 9.59 Å². The molecule has 6 nitrogen and oxygen atoms in total. The minimum atomic E-state index is -0.363. The van der Waals surface area contributed by atoms with Crippen LogP contribution in [0.5, 0.6) is 5.75 Å². The van der Waals surface area contributed by atoms with Crippen LogP contribution in [0.2, 0.25) is 0 Å². The second kappa shape index (κ2) is 8.71. The Morgan fingerprint density at radius 3 is 2.96 bits per heavy atom. The van der Waals surface area contributed by atoms with Gasteiger partial charge in [-0.3, -0.25) is 9.69 Å². The molecule has 0 aliphatic carbocycles. The number of hydrogen-bond donors (Lipinski definition) is 1. The maximum atomic E-state index is 12.0. The SMILES string of the molecule is Cc1ccccc1OCCCC(=O)NCC1CN(c2cccs2)C(=O)O1.